The molecule has 1 N–H and O–H groups in total. The molecule has 1 aromatic carbocycles. The second kappa shape index (κ2) is 6.16. The molecule has 114 valence electrons. The second-order valence-electron chi connectivity index (χ2n) is 5.73. The molecular formula is C16H21NO4. The number of ether oxygens (including phenoxy) is 1. The van der Waals surface area contributed by atoms with Crippen molar-refractivity contribution in [1.82, 2.24) is 4.90 Å². The third-order valence-corrected chi connectivity index (χ3v) is 4.03. The van der Waals surface area contributed by atoms with E-state index in [-0.39, 0.29) is 25.0 Å². The highest BCUT2D eigenvalue weighted by atomic mass is 16.5. The average Bonchev–Trinajstić information content (AvgIpc) is 2.80. The van der Waals surface area contributed by atoms with Crippen molar-refractivity contribution >= 4 is 11.9 Å². The van der Waals surface area contributed by atoms with Crippen molar-refractivity contribution in [2.24, 2.45) is 11.8 Å². The lowest BCUT2D eigenvalue weighted by Gasteiger charge is -2.17. The van der Waals surface area contributed by atoms with Crippen LogP contribution in [-0.4, -0.2) is 41.6 Å². The summed E-state index contributed by atoms with van der Waals surface area (Å²) in [5.74, 6) is -0.768. The third-order valence-electron chi connectivity index (χ3n) is 4.03. The summed E-state index contributed by atoms with van der Waals surface area (Å²) in [6.45, 7) is 6.43. The fourth-order valence-corrected chi connectivity index (χ4v) is 2.74. The molecule has 21 heavy (non-hydrogen) atoms. The maximum absolute atomic E-state index is 12.2. The fourth-order valence-electron chi connectivity index (χ4n) is 2.74. The smallest absolute Gasteiger partial charge is 0.308 e. The van der Waals surface area contributed by atoms with Gasteiger partial charge in [-0.3, -0.25) is 9.59 Å². The first-order valence-electron chi connectivity index (χ1n) is 7.09. The molecule has 1 fully saturated rings. The summed E-state index contributed by atoms with van der Waals surface area (Å²) in [6.07, 6.45) is 0. The van der Waals surface area contributed by atoms with Gasteiger partial charge in [-0.2, -0.15) is 0 Å². The predicted octanol–water partition coefficient (Wildman–Crippen LogP) is 1.86. The Morgan fingerprint density at radius 2 is 1.90 bits per heavy atom. The highest BCUT2D eigenvalue weighted by Crippen LogP contribution is 2.25. The van der Waals surface area contributed by atoms with Crippen LogP contribution in [0.4, 0.5) is 0 Å². The normalized spacial score (nSPS) is 21.4. The van der Waals surface area contributed by atoms with Crippen LogP contribution in [0.2, 0.25) is 0 Å². The van der Waals surface area contributed by atoms with E-state index >= 15 is 0 Å². The van der Waals surface area contributed by atoms with E-state index in [2.05, 4.69) is 0 Å². The molecule has 0 saturated carbocycles. The Bertz CT molecular complexity index is 535. The van der Waals surface area contributed by atoms with Crippen LogP contribution in [0.3, 0.4) is 0 Å². The number of nitrogens with zero attached hydrogens (tertiary/aromatic N) is 1. The Hall–Kier alpha value is -2.04. The van der Waals surface area contributed by atoms with Crippen LogP contribution in [0, 0.1) is 25.7 Å². The Balaban J connectivity index is 1.96. The zero-order valence-corrected chi connectivity index (χ0v) is 12.6. The standard InChI is InChI=1S/C16H21NO4/c1-10-5-4-6-11(2)15(10)21-9-14(18)17-7-12(3)13(8-17)16(19)20/h4-6,12-13H,7-9H2,1-3H3,(H,19,20). The lowest BCUT2D eigenvalue weighted by atomic mass is 9.99. The quantitative estimate of drug-likeness (QED) is 0.919. The number of amides is 1. The number of carbonyl (C=O) groups is 2. The van der Waals surface area contributed by atoms with E-state index in [0.29, 0.717) is 6.54 Å². The molecule has 5 nitrogen and oxygen atoms in total. The van der Waals surface area contributed by atoms with E-state index in [1.807, 2.05) is 39.0 Å². The molecule has 0 radical (unpaired) electrons. The van der Waals surface area contributed by atoms with Gasteiger partial charge in [-0.05, 0) is 30.9 Å². The molecule has 1 heterocycles. The minimum atomic E-state index is -0.839. The molecule has 0 spiro atoms. The number of hydrogen-bond donors (Lipinski definition) is 1. The van der Waals surface area contributed by atoms with Crippen LogP contribution in [0.25, 0.3) is 0 Å². The zero-order chi connectivity index (χ0) is 15.6. The predicted molar refractivity (Wildman–Crippen MR) is 78.3 cm³/mol. The van der Waals surface area contributed by atoms with Crippen LogP contribution < -0.4 is 4.74 Å². The molecule has 0 bridgehead atoms. The molecule has 1 saturated heterocycles. The number of carbonyl (C=O) groups excluding carboxylic acids is 1. The number of carboxylic acids is 1. The third kappa shape index (κ3) is 3.35. The molecule has 2 rings (SSSR count). The molecule has 1 aliphatic rings. The maximum atomic E-state index is 12.2. The fraction of sp³-hybridized carbons (Fsp3) is 0.500. The number of likely N-dealkylation sites (tertiary alicyclic amines) is 1. The number of aryl methyl sites for hydroxylation is 2. The summed E-state index contributed by atoms with van der Waals surface area (Å²) in [5.41, 5.74) is 1.97. The summed E-state index contributed by atoms with van der Waals surface area (Å²) >= 11 is 0. The number of rotatable bonds is 4. The van der Waals surface area contributed by atoms with Crippen molar-refractivity contribution < 1.29 is 19.4 Å². The SMILES string of the molecule is Cc1cccc(C)c1OCC(=O)N1CC(C)C(C(=O)O)C1. The molecule has 0 aliphatic carbocycles. The number of para-hydroxylation sites is 1. The number of carboxylic acid groups (broad SMARTS) is 1. The van der Waals surface area contributed by atoms with Crippen LogP contribution in [-0.2, 0) is 9.59 Å². The summed E-state index contributed by atoms with van der Waals surface area (Å²) in [5, 5.41) is 9.09. The minimum absolute atomic E-state index is 0.0216. The van der Waals surface area contributed by atoms with Gasteiger partial charge in [0.25, 0.3) is 5.91 Å². The van der Waals surface area contributed by atoms with E-state index in [1.165, 1.54) is 0 Å². The monoisotopic (exact) mass is 291 g/mol. The highest BCUT2D eigenvalue weighted by molar-refractivity contribution is 5.80. The molecular weight excluding hydrogens is 270 g/mol. The molecule has 2 unspecified atom stereocenters. The van der Waals surface area contributed by atoms with E-state index < -0.39 is 11.9 Å². The van der Waals surface area contributed by atoms with Gasteiger partial charge in [0.15, 0.2) is 6.61 Å². The van der Waals surface area contributed by atoms with E-state index in [4.69, 9.17) is 9.84 Å². The molecule has 2 atom stereocenters. The molecule has 5 heteroatoms. The van der Waals surface area contributed by atoms with E-state index in [0.717, 1.165) is 16.9 Å². The first kappa shape index (κ1) is 15.4. The minimum Gasteiger partial charge on any atom is -0.483 e. The van der Waals surface area contributed by atoms with Crippen LogP contribution in [0.15, 0.2) is 18.2 Å². The van der Waals surface area contributed by atoms with Gasteiger partial charge in [0.1, 0.15) is 5.75 Å². The van der Waals surface area contributed by atoms with Crippen LogP contribution in [0.5, 0.6) is 5.75 Å². The van der Waals surface area contributed by atoms with E-state index in [1.54, 1.807) is 4.90 Å². The Kier molecular flexibility index (Phi) is 4.50. The largest absolute Gasteiger partial charge is 0.483 e. The molecule has 1 amide bonds. The summed E-state index contributed by atoms with van der Waals surface area (Å²) in [7, 11) is 0. The first-order valence-corrected chi connectivity index (χ1v) is 7.09. The van der Waals surface area contributed by atoms with Crippen molar-refractivity contribution in [3.05, 3.63) is 29.3 Å². The molecule has 0 aromatic heterocycles. The Morgan fingerprint density at radius 1 is 1.29 bits per heavy atom. The van der Waals surface area contributed by atoms with Crippen molar-refractivity contribution in [2.45, 2.75) is 20.8 Å². The molecule has 1 aliphatic heterocycles. The highest BCUT2D eigenvalue weighted by Gasteiger charge is 2.36. The zero-order valence-electron chi connectivity index (χ0n) is 12.6. The maximum Gasteiger partial charge on any atom is 0.308 e. The van der Waals surface area contributed by atoms with Crippen LogP contribution >= 0.6 is 0 Å². The van der Waals surface area contributed by atoms with Crippen molar-refractivity contribution in [3.8, 4) is 5.75 Å². The van der Waals surface area contributed by atoms with Gasteiger partial charge >= 0.3 is 5.97 Å². The van der Waals surface area contributed by atoms with E-state index in [9.17, 15) is 9.59 Å². The topological polar surface area (TPSA) is 66.8 Å². The number of aliphatic carboxylic acids is 1. The van der Waals surface area contributed by atoms with Crippen molar-refractivity contribution in [1.29, 1.82) is 0 Å². The van der Waals surface area contributed by atoms with Gasteiger partial charge < -0.3 is 14.7 Å². The molecule has 1 aromatic rings. The second-order valence-corrected chi connectivity index (χ2v) is 5.73. The van der Waals surface area contributed by atoms with Gasteiger partial charge in [-0.15, -0.1) is 0 Å². The van der Waals surface area contributed by atoms with Crippen molar-refractivity contribution in [2.75, 3.05) is 19.7 Å². The number of benzene rings is 1. The van der Waals surface area contributed by atoms with Gasteiger partial charge in [0, 0.05) is 13.1 Å². The van der Waals surface area contributed by atoms with Crippen molar-refractivity contribution in [3.63, 3.8) is 0 Å². The van der Waals surface area contributed by atoms with Gasteiger partial charge in [-0.1, -0.05) is 25.1 Å². The number of hydrogen-bond acceptors (Lipinski definition) is 3. The van der Waals surface area contributed by atoms with Gasteiger partial charge in [0.05, 0.1) is 5.92 Å². The Morgan fingerprint density at radius 3 is 2.43 bits per heavy atom. The summed E-state index contributed by atoms with van der Waals surface area (Å²) in [6, 6.07) is 5.81. The Labute approximate surface area is 124 Å². The summed E-state index contributed by atoms with van der Waals surface area (Å²) < 4.78 is 5.63. The average molecular weight is 291 g/mol. The lowest BCUT2D eigenvalue weighted by Crippen LogP contribution is -2.34. The van der Waals surface area contributed by atoms with Gasteiger partial charge in [-0.25, -0.2) is 0 Å². The van der Waals surface area contributed by atoms with Crippen LogP contribution in [0.1, 0.15) is 18.1 Å². The van der Waals surface area contributed by atoms with Gasteiger partial charge in [0.2, 0.25) is 0 Å². The first-order chi connectivity index (χ1) is 9.90. The summed E-state index contributed by atoms with van der Waals surface area (Å²) in [4.78, 5) is 24.8. The lowest BCUT2D eigenvalue weighted by molar-refractivity contribution is -0.142.